The van der Waals surface area contributed by atoms with Crippen LogP contribution in [-0.4, -0.2) is 29.0 Å². The van der Waals surface area contributed by atoms with E-state index in [4.69, 9.17) is 5.73 Å². The van der Waals surface area contributed by atoms with Gasteiger partial charge in [0.2, 0.25) is 10.0 Å². The van der Waals surface area contributed by atoms with Gasteiger partial charge in [0.1, 0.15) is 0 Å². The minimum atomic E-state index is -3.64. The molecule has 4 N–H and O–H groups in total. The van der Waals surface area contributed by atoms with E-state index >= 15 is 0 Å². The van der Waals surface area contributed by atoms with Crippen molar-refractivity contribution in [1.82, 2.24) is 25.3 Å². The van der Waals surface area contributed by atoms with Gasteiger partial charge in [0, 0.05) is 6.54 Å². The molecule has 1 aromatic heterocycles. The molecule has 1 aromatic carbocycles. The molecular formula is C11H16N6O2S. The standard InChI is InChI=1S/C11H16N6O2S/c1-2-9-4-3-8(6-12)5-10(9)20(18,19)13-7-11-14-16-17-15-11/h3-5,13H,2,6-7,12H2,1H3,(H,14,15,16,17). The Balaban J connectivity index is 2.28. The van der Waals surface area contributed by atoms with E-state index in [1.165, 1.54) is 0 Å². The van der Waals surface area contributed by atoms with E-state index in [9.17, 15) is 8.42 Å². The zero-order chi connectivity index (χ0) is 14.6. The van der Waals surface area contributed by atoms with Crippen molar-refractivity contribution >= 4 is 10.0 Å². The predicted molar refractivity (Wildman–Crippen MR) is 71.9 cm³/mol. The minimum Gasteiger partial charge on any atom is -0.326 e. The van der Waals surface area contributed by atoms with Crippen LogP contribution >= 0.6 is 0 Å². The first-order valence-electron chi connectivity index (χ1n) is 6.10. The molecule has 0 unspecified atom stereocenters. The summed E-state index contributed by atoms with van der Waals surface area (Å²) < 4.78 is 27.1. The van der Waals surface area contributed by atoms with E-state index in [2.05, 4.69) is 25.3 Å². The van der Waals surface area contributed by atoms with E-state index in [1.54, 1.807) is 12.1 Å². The smallest absolute Gasteiger partial charge is 0.241 e. The molecule has 108 valence electrons. The molecule has 0 radical (unpaired) electrons. The number of rotatable bonds is 6. The Morgan fingerprint density at radius 3 is 2.80 bits per heavy atom. The van der Waals surface area contributed by atoms with Crippen LogP contribution in [0.1, 0.15) is 23.9 Å². The lowest BCUT2D eigenvalue weighted by molar-refractivity contribution is 0.578. The lowest BCUT2D eigenvalue weighted by Crippen LogP contribution is -2.25. The summed E-state index contributed by atoms with van der Waals surface area (Å²) in [6, 6.07) is 5.21. The van der Waals surface area contributed by atoms with Crippen molar-refractivity contribution in [3.63, 3.8) is 0 Å². The number of nitrogens with two attached hydrogens (primary N) is 1. The number of tetrazole rings is 1. The number of hydrogen-bond donors (Lipinski definition) is 3. The number of nitrogens with one attached hydrogen (secondary N) is 2. The molecule has 0 aliphatic carbocycles. The Hall–Kier alpha value is -1.84. The van der Waals surface area contributed by atoms with Gasteiger partial charge in [-0.05, 0) is 23.6 Å². The summed E-state index contributed by atoms with van der Waals surface area (Å²) in [6.07, 6.45) is 0.614. The number of aromatic amines is 1. The van der Waals surface area contributed by atoms with Gasteiger partial charge in [-0.15, -0.1) is 10.2 Å². The van der Waals surface area contributed by atoms with Crippen LogP contribution in [0.3, 0.4) is 0 Å². The number of benzene rings is 1. The Morgan fingerprint density at radius 2 is 2.20 bits per heavy atom. The van der Waals surface area contributed by atoms with Crippen molar-refractivity contribution < 1.29 is 8.42 Å². The fourth-order valence-electron chi connectivity index (χ4n) is 1.76. The fourth-order valence-corrected chi connectivity index (χ4v) is 3.10. The molecule has 0 atom stereocenters. The van der Waals surface area contributed by atoms with E-state index in [0.717, 1.165) is 11.1 Å². The molecule has 0 fully saturated rings. The second-order valence-corrected chi connectivity index (χ2v) is 5.89. The Kier molecular flexibility index (Phi) is 4.42. The summed E-state index contributed by atoms with van der Waals surface area (Å²) in [6.45, 7) is 2.17. The Morgan fingerprint density at radius 1 is 1.40 bits per heavy atom. The van der Waals surface area contributed by atoms with Gasteiger partial charge >= 0.3 is 0 Å². The van der Waals surface area contributed by atoms with Crippen LogP contribution in [0.15, 0.2) is 23.1 Å². The highest BCUT2D eigenvalue weighted by atomic mass is 32.2. The lowest BCUT2D eigenvalue weighted by Gasteiger charge is -2.11. The first-order valence-corrected chi connectivity index (χ1v) is 7.59. The van der Waals surface area contributed by atoms with Gasteiger partial charge in [-0.25, -0.2) is 13.1 Å². The average Bonchev–Trinajstić information content (AvgIpc) is 2.98. The van der Waals surface area contributed by atoms with Gasteiger partial charge in [0.15, 0.2) is 5.82 Å². The van der Waals surface area contributed by atoms with Crippen molar-refractivity contribution in [2.75, 3.05) is 0 Å². The third-order valence-corrected chi connectivity index (χ3v) is 4.33. The molecule has 9 heteroatoms. The van der Waals surface area contributed by atoms with Crippen LogP contribution < -0.4 is 10.5 Å². The second kappa shape index (κ2) is 6.07. The van der Waals surface area contributed by atoms with E-state index in [-0.39, 0.29) is 23.8 Å². The molecule has 2 rings (SSSR count). The zero-order valence-electron chi connectivity index (χ0n) is 11.0. The molecule has 0 aliphatic rings. The minimum absolute atomic E-state index is 0.0190. The maximum absolute atomic E-state index is 12.3. The Labute approximate surface area is 116 Å². The molecule has 2 aromatic rings. The molecule has 0 bridgehead atoms. The van der Waals surface area contributed by atoms with Crippen molar-refractivity contribution in [1.29, 1.82) is 0 Å². The number of aromatic nitrogens is 4. The Bertz CT molecular complexity index is 668. The summed E-state index contributed by atoms with van der Waals surface area (Å²) in [5.74, 6) is 0.279. The van der Waals surface area contributed by atoms with E-state index < -0.39 is 10.0 Å². The molecule has 20 heavy (non-hydrogen) atoms. The van der Waals surface area contributed by atoms with Gasteiger partial charge < -0.3 is 5.73 Å². The van der Waals surface area contributed by atoms with Crippen LogP contribution in [-0.2, 0) is 29.5 Å². The molecular weight excluding hydrogens is 280 g/mol. The molecule has 0 spiro atoms. The first-order chi connectivity index (χ1) is 9.56. The zero-order valence-corrected chi connectivity index (χ0v) is 11.8. The summed E-state index contributed by atoms with van der Waals surface area (Å²) >= 11 is 0. The number of aryl methyl sites for hydroxylation is 1. The molecule has 1 heterocycles. The predicted octanol–water partition coefficient (Wildman–Crippen LogP) is -0.301. The van der Waals surface area contributed by atoms with Crippen LogP contribution in [0.4, 0.5) is 0 Å². The largest absolute Gasteiger partial charge is 0.326 e. The number of hydrogen-bond acceptors (Lipinski definition) is 6. The van der Waals surface area contributed by atoms with Crippen molar-refractivity contribution in [3.8, 4) is 0 Å². The number of sulfonamides is 1. The van der Waals surface area contributed by atoms with Crippen molar-refractivity contribution in [2.24, 2.45) is 5.73 Å². The number of H-pyrrole nitrogens is 1. The van der Waals surface area contributed by atoms with E-state index in [0.29, 0.717) is 6.42 Å². The van der Waals surface area contributed by atoms with Gasteiger partial charge in [-0.1, -0.05) is 24.3 Å². The van der Waals surface area contributed by atoms with Gasteiger partial charge in [0.25, 0.3) is 0 Å². The van der Waals surface area contributed by atoms with Gasteiger partial charge in [-0.3, -0.25) is 0 Å². The third-order valence-electron chi connectivity index (χ3n) is 2.85. The quantitative estimate of drug-likeness (QED) is 0.671. The molecule has 0 amide bonds. The number of nitrogens with zero attached hydrogens (tertiary/aromatic N) is 3. The van der Waals surface area contributed by atoms with Crippen molar-refractivity contribution in [2.45, 2.75) is 31.3 Å². The normalized spacial score (nSPS) is 11.7. The average molecular weight is 296 g/mol. The van der Waals surface area contributed by atoms with Crippen LogP contribution in [0.25, 0.3) is 0 Å². The second-order valence-electron chi connectivity index (χ2n) is 4.15. The van der Waals surface area contributed by atoms with Gasteiger partial charge in [-0.2, -0.15) is 5.21 Å². The molecule has 8 nitrogen and oxygen atoms in total. The lowest BCUT2D eigenvalue weighted by atomic mass is 10.1. The summed E-state index contributed by atoms with van der Waals surface area (Å²) in [7, 11) is -3.64. The van der Waals surface area contributed by atoms with Crippen molar-refractivity contribution in [3.05, 3.63) is 35.2 Å². The first kappa shape index (κ1) is 14.6. The summed E-state index contributed by atoms with van der Waals surface area (Å²) in [5.41, 5.74) is 7.06. The maximum Gasteiger partial charge on any atom is 0.241 e. The third kappa shape index (κ3) is 3.18. The van der Waals surface area contributed by atoms with E-state index in [1.807, 2.05) is 13.0 Å². The fraction of sp³-hybridized carbons (Fsp3) is 0.364. The highest BCUT2D eigenvalue weighted by Gasteiger charge is 2.18. The monoisotopic (exact) mass is 296 g/mol. The maximum atomic E-state index is 12.3. The molecule has 0 saturated heterocycles. The summed E-state index contributed by atoms with van der Waals surface area (Å²) in [4.78, 5) is 0.242. The topological polar surface area (TPSA) is 127 Å². The summed E-state index contributed by atoms with van der Waals surface area (Å²) in [5, 5.41) is 13.0. The highest BCUT2D eigenvalue weighted by Crippen LogP contribution is 2.18. The van der Waals surface area contributed by atoms with Crippen LogP contribution in [0, 0.1) is 0 Å². The molecule has 0 aliphatic heterocycles. The highest BCUT2D eigenvalue weighted by molar-refractivity contribution is 7.89. The van der Waals surface area contributed by atoms with Crippen LogP contribution in [0.5, 0.6) is 0 Å². The van der Waals surface area contributed by atoms with Crippen LogP contribution in [0.2, 0.25) is 0 Å². The SMILES string of the molecule is CCc1ccc(CN)cc1S(=O)(=O)NCc1nn[nH]n1. The van der Waals surface area contributed by atoms with Gasteiger partial charge in [0.05, 0.1) is 11.4 Å². The molecule has 0 saturated carbocycles.